The van der Waals surface area contributed by atoms with Crippen LogP contribution in [0.3, 0.4) is 0 Å². The Hall–Kier alpha value is -3.04. The van der Waals surface area contributed by atoms with Crippen molar-refractivity contribution < 1.29 is 4.74 Å². The molecule has 0 aromatic carbocycles. The van der Waals surface area contributed by atoms with Crippen molar-refractivity contribution in [2.75, 3.05) is 31.6 Å². The average Bonchev–Trinajstić information content (AvgIpc) is 3.39. The quantitative estimate of drug-likeness (QED) is 0.532. The third kappa shape index (κ3) is 3.34. The summed E-state index contributed by atoms with van der Waals surface area (Å²) in [6.07, 6.45) is 12.9. The van der Waals surface area contributed by atoms with Crippen LogP contribution in [-0.4, -0.2) is 72.3 Å². The summed E-state index contributed by atoms with van der Waals surface area (Å²) in [6, 6.07) is 3.15. The minimum Gasteiger partial charge on any atom is -0.379 e. The second-order valence-electron chi connectivity index (χ2n) is 8.37. The summed E-state index contributed by atoms with van der Waals surface area (Å²) in [6.45, 7) is 5.93. The molecular weight excluding hydrogens is 392 g/mol. The van der Waals surface area contributed by atoms with Gasteiger partial charge >= 0.3 is 0 Å². The van der Waals surface area contributed by atoms with Crippen molar-refractivity contribution in [1.82, 2.24) is 33.9 Å². The second kappa shape index (κ2) is 7.58. The number of aryl methyl sites for hydroxylation is 1. The molecule has 0 atom stereocenters. The van der Waals surface area contributed by atoms with Crippen LogP contribution in [0.25, 0.3) is 22.4 Å². The fraction of sp³-hybridized carbons (Fsp3) is 0.455. The molecule has 2 fully saturated rings. The SMILES string of the molecule is CCc1cnc2ncc(-c3ccn4nc(N[C@H]5C[C@@H](N6CCOCC6)C5)ncc34)cn12. The van der Waals surface area contributed by atoms with E-state index in [4.69, 9.17) is 4.74 Å². The van der Waals surface area contributed by atoms with Crippen LogP contribution in [0.2, 0.25) is 0 Å². The zero-order chi connectivity index (χ0) is 20.8. The molecule has 4 aromatic rings. The summed E-state index contributed by atoms with van der Waals surface area (Å²) in [5, 5.41) is 8.19. The molecule has 31 heavy (non-hydrogen) atoms. The fourth-order valence-electron chi connectivity index (χ4n) is 4.66. The van der Waals surface area contributed by atoms with E-state index in [2.05, 4.69) is 53.9 Å². The lowest BCUT2D eigenvalue weighted by molar-refractivity contribution is -0.00443. The molecule has 0 spiro atoms. The van der Waals surface area contributed by atoms with Gasteiger partial charge in [-0.1, -0.05) is 6.92 Å². The Morgan fingerprint density at radius 1 is 1.10 bits per heavy atom. The number of rotatable bonds is 5. The van der Waals surface area contributed by atoms with Crippen LogP contribution >= 0.6 is 0 Å². The molecule has 1 aliphatic carbocycles. The van der Waals surface area contributed by atoms with E-state index in [1.54, 1.807) is 0 Å². The molecule has 1 N–H and O–H groups in total. The number of morpholine rings is 1. The van der Waals surface area contributed by atoms with Crippen molar-refractivity contribution in [3.05, 3.63) is 42.7 Å². The third-order valence-electron chi connectivity index (χ3n) is 6.54. The summed E-state index contributed by atoms with van der Waals surface area (Å²) < 4.78 is 9.40. The van der Waals surface area contributed by atoms with Crippen molar-refractivity contribution in [2.45, 2.75) is 38.3 Å². The van der Waals surface area contributed by atoms with Crippen LogP contribution in [0.15, 0.2) is 37.1 Å². The zero-order valence-electron chi connectivity index (χ0n) is 17.6. The molecule has 4 aromatic heterocycles. The summed E-state index contributed by atoms with van der Waals surface area (Å²) in [7, 11) is 0. The van der Waals surface area contributed by atoms with E-state index in [9.17, 15) is 0 Å². The van der Waals surface area contributed by atoms with E-state index < -0.39 is 0 Å². The van der Waals surface area contributed by atoms with Crippen LogP contribution in [-0.2, 0) is 11.2 Å². The minimum absolute atomic E-state index is 0.431. The highest BCUT2D eigenvalue weighted by molar-refractivity contribution is 5.79. The van der Waals surface area contributed by atoms with E-state index in [-0.39, 0.29) is 0 Å². The first-order chi connectivity index (χ1) is 15.3. The lowest BCUT2D eigenvalue weighted by atomic mass is 9.85. The van der Waals surface area contributed by atoms with Crippen LogP contribution < -0.4 is 5.32 Å². The van der Waals surface area contributed by atoms with Gasteiger partial charge in [0.25, 0.3) is 0 Å². The number of hydrogen-bond donors (Lipinski definition) is 1. The highest BCUT2D eigenvalue weighted by Crippen LogP contribution is 2.29. The molecule has 2 aliphatic rings. The topological polar surface area (TPSA) is 84.9 Å². The maximum absolute atomic E-state index is 5.46. The van der Waals surface area contributed by atoms with Crippen molar-refractivity contribution in [1.29, 1.82) is 0 Å². The van der Waals surface area contributed by atoms with Gasteiger partial charge in [0.15, 0.2) is 0 Å². The summed E-state index contributed by atoms with van der Waals surface area (Å²) in [4.78, 5) is 16.0. The van der Waals surface area contributed by atoms with Crippen molar-refractivity contribution in [3.8, 4) is 11.1 Å². The molecule has 1 aliphatic heterocycles. The zero-order valence-corrected chi connectivity index (χ0v) is 17.6. The number of imidazole rings is 1. The van der Waals surface area contributed by atoms with Crippen LogP contribution in [0, 0.1) is 0 Å². The van der Waals surface area contributed by atoms with Crippen LogP contribution in [0.1, 0.15) is 25.5 Å². The molecule has 0 radical (unpaired) electrons. The predicted octanol–water partition coefficient (Wildman–Crippen LogP) is 2.28. The number of hydrogen-bond acceptors (Lipinski definition) is 7. The standard InChI is InChI=1S/C22H26N8O/c1-2-17-12-25-22-24-11-15(14-29(17)22)19-3-4-30-20(19)13-23-21(27-30)26-16-9-18(10-16)28-5-7-31-8-6-28/h3-4,11-14,16,18H,2,5-10H2,1H3,(H,26,27)/t16-,18+. The fourth-order valence-corrected chi connectivity index (χ4v) is 4.66. The molecule has 9 heteroatoms. The Morgan fingerprint density at radius 3 is 2.77 bits per heavy atom. The van der Waals surface area contributed by atoms with E-state index in [0.29, 0.717) is 18.0 Å². The first-order valence-corrected chi connectivity index (χ1v) is 11.0. The van der Waals surface area contributed by atoms with Crippen LogP contribution in [0.5, 0.6) is 0 Å². The molecule has 0 amide bonds. The summed E-state index contributed by atoms with van der Waals surface area (Å²) >= 11 is 0. The monoisotopic (exact) mass is 418 g/mol. The molecular formula is C22H26N8O. The van der Waals surface area contributed by atoms with Crippen molar-refractivity contribution >= 4 is 17.2 Å². The number of anilines is 1. The van der Waals surface area contributed by atoms with Gasteiger partial charge in [-0.15, -0.1) is 5.10 Å². The molecule has 5 heterocycles. The van der Waals surface area contributed by atoms with Crippen molar-refractivity contribution in [3.63, 3.8) is 0 Å². The molecule has 6 rings (SSSR count). The van der Waals surface area contributed by atoms with Gasteiger partial charge in [0.05, 0.1) is 31.1 Å². The minimum atomic E-state index is 0.431. The predicted molar refractivity (Wildman–Crippen MR) is 117 cm³/mol. The molecule has 160 valence electrons. The van der Waals surface area contributed by atoms with Gasteiger partial charge in [-0.25, -0.2) is 19.5 Å². The number of aromatic nitrogens is 6. The Kier molecular flexibility index (Phi) is 4.57. The van der Waals surface area contributed by atoms with Gasteiger partial charge < -0.3 is 10.1 Å². The molecule has 1 saturated carbocycles. The van der Waals surface area contributed by atoms with E-state index >= 15 is 0 Å². The van der Waals surface area contributed by atoms with Crippen LogP contribution in [0.4, 0.5) is 5.95 Å². The second-order valence-corrected chi connectivity index (χ2v) is 8.37. The molecule has 1 saturated heterocycles. The number of fused-ring (bicyclic) bond motifs is 2. The Bertz CT molecular complexity index is 1220. The molecule has 0 unspecified atom stereocenters. The van der Waals surface area contributed by atoms with Gasteiger partial charge in [0, 0.05) is 60.6 Å². The summed E-state index contributed by atoms with van der Waals surface area (Å²) in [5.74, 6) is 1.40. The van der Waals surface area contributed by atoms with Gasteiger partial charge in [0.1, 0.15) is 0 Å². The van der Waals surface area contributed by atoms with E-state index in [0.717, 1.165) is 73.7 Å². The van der Waals surface area contributed by atoms with Gasteiger partial charge in [0.2, 0.25) is 11.7 Å². The maximum atomic E-state index is 5.46. The molecule has 9 nitrogen and oxygen atoms in total. The first kappa shape index (κ1) is 18.7. The van der Waals surface area contributed by atoms with Gasteiger partial charge in [-0.05, 0) is 25.3 Å². The van der Waals surface area contributed by atoms with Gasteiger partial charge in [-0.3, -0.25) is 9.30 Å². The van der Waals surface area contributed by atoms with E-state index in [1.165, 1.54) is 0 Å². The summed E-state index contributed by atoms with van der Waals surface area (Å²) in [5.41, 5.74) is 4.20. The normalized spacial score (nSPS) is 22.1. The van der Waals surface area contributed by atoms with E-state index in [1.807, 2.05) is 29.3 Å². The van der Waals surface area contributed by atoms with Crippen molar-refractivity contribution in [2.24, 2.45) is 0 Å². The maximum Gasteiger partial charge on any atom is 0.241 e. The highest BCUT2D eigenvalue weighted by Gasteiger charge is 2.34. The number of nitrogens with zero attached hydrogens (tertiary/aromatic N) is 7. The lowest BCUT2D eigenvalue weighted by Gasteiger charge is -2.44. The van der Waals surface area contributed by atoms with Gasteiger partial charge in [-0.2, -0.15) is 0 Å². The first-order valence-electron chi connectivity index (χ1n) is 11.0. The largest absolute Gasteiger partial charge is 0.379 e. The Labute approximate surface area is 180 Å². The number of nitrogens with one attached hydrogen (secondary N) is 1. The lowest BCUT2D eigenvalue weighted by Crippen LogP contribution is -2.53. The highest BCUT2D eigenvalue weighted by atomic mass is 16.5. The molecule has 0 bridgehead atoms. The average molecular weight is 419 g/mol. The Balaban J connectivity index is 1.19. The smallest absolute Gasteiger partial charge is 0.241 e. The third-order valence-corrected chi connectivity index (χ3v) is 6.54. The number of ether oxygens (including phenoxy) is 1. The Morgan fingerprint density at radius 2 is 1.94 bits per heavy atom.